The summed E-state index contributed by atoms with van der Waals surface area (Å²) in [7, 11) is 0. The molecule has 3 rings (SSSR count). The fourth-order valence-electron chi connectivity index (χ4n) is 2.55. The maximum Gasteiger partial charge on any atom is 0.205 e. The summed E-state index contributed by atoms with van der Waals surface area (Å²) in [6.45, 7) is 0.633. The van der Waals surface area contributed by atoms with E-state index in [1.807, 2.05) is 4.90 Å². The molecule has 1 aromatic carbocycles. The van der Waals surface area contributed by atoms with Gasteiger partial charge in [0.05, 0.1) is 13.2 Å². The average Bonchev–Trinajstić information content (AvgIpc) is 2.96. The maximum absolute atomic E-state index is 13.3. The Balaban J connectivity index is 1.84. The Kier molecular flexibility index (Phi) is 4.07. The molecule has 0 spiro atoms. The van der Waals surface area contributed by atoms with Crippen LogP contribution in [0.4, 0.5) is 13.9 Å². The van der Waals surface area contributed by atoms with Crippen molar-refractivity contribution < 1.29 is 19.0 Å². The lowest BCUT2D eigenvalue weighted by molar-refractivity contribution is -0.0241. The molecule has 0 radical (unpaired) electrons. The minimum Gasteiger partial charge on any atom is -0.393 e. The van der Waals surface area contributed by atoms with E-state index >= 15 is 0 Å². The molecule has 1 aliphatic heterocycles. The van der Waals surface area contributed by atoms with Crippen LogP contribution in [0.3, 0.4) is 0 Å². The summed E-state index contributed by atoms with van der Waals surface area (Å²) in [4.78, 5) is 6.12. The van der Waals surface area contributed by atoms with Crippen molar-refractivity contribution in [1.29, 1.82) is 0 Å². The van der Waals surface area contributed by atoms with E-state index in [9.17, 15) is 19.0 Å². The minimum absolute atomic E-state index is 0.247. The Hall–Kier alpha value is -1.64. The lowest BCUT2D eigenvalue weighted by Gasteiger charge is -2.37. The van der Waals surface area contributed by atoms with Crippen LogP contribution in [0.1, 0.15) is 12.8 Å². The number of piperidine rings is 1. The van der Waals surface area contributed by atoms with E-state index in [1.54, 1.807) is 0 Å². The van der Waals surface area contributed by atoms with Crippen molar-refractivity contribution in [2.75, 3.05) is 24.6 Å². The third-order valence-corrected chi connectivity index (χ3v) is 4.43. The second-order valence-corrected chi connectivity index (χ2v) is 6.20. The number of hydrogen-bond donors (Lipinski definition) is 2. The highest BCUT2D eigenvalue weighted by atomic mass is 32.1. The fourth-order valence-corrected chi connectivity index (χ4v) is 3.26. The predicted molar refractivity (Wildman–Crippen MR) is 78.7 cm³/mol. The first-order valence-electron chi connectivity index (χ1n) is 6.87. The molecule has 0 bridgehead atoms. The Morgan fingerprint density at radius 1 is 1.27 bits per heavy atom. The number of anilines is 1. The van der Waals surface area contributed by atoms with Gasteiger partial charge in [-0.3, -0.25) is 0 Å². The number of aromatic nitrogens is 2. The molecule has 2 N–H and O–H groups in total. The molecule has 22 heavy (non-hydrogen) atoms. The third-order valence-electron chi connectivity index (χ3n) is 3.66. The first-order valence-corrected chi connectivity index (χ1v) is 7.65. The minimum atomic E-state index is -1.14. The van der Waals surface area contributed by atoms with Crippen LogP contribution in [0.25, 0.3) is 11.4 Å². The number of β-amino-alcohol motifs (C(OH)–C–C–N with tert-alkyl or cyclic N) is 1. The zero-order valence-corrected chi connectivity index (χ0v) is 12.5. The molecule has 1 aromatic heterocycles. The molecule has 1 atom stereocenters. The van der Waals surface area contributed by atoms with Gasteiger partial charge < -0.3 is 15.1 Å². The molecule has 1 fully saturated rings. The van der Waals surface area contributed by atoms with Crippen LogP contribution in [-0.2, 0) is 0 Å². The van der Waals surface area contributed by atoms with Crippen LogP contribution in [0.5, 0.6) is 0 Å². The van der Waals surface area contributed by atoms with Gasteiger partial charge in [0.15, 0.2) is 5.82 Å². The molecule has 1 saturated heterocycles. The van der Waals surface area contributed by atoms with Crippen LogP contribution < -0.4 is 4.90 Å². The van der Waals surface area contributed by atoms with Gasteiger partial charge in [-0.1, -0.05) is 0 Å². The molecule has 0 amide bonds. The van der Waals surface area contributed by atoms with Crippen molar-refractivity contribution in [1.82, 2.24) is 9.36 Å². The lowest BCUT2D eigenvalue weighted by atomic mass is 9.94. The molecule has 1 aliphatic rings. The van der Waals surface area contributed by atoms with Crippen molar-refractivity contribution in [2.45, 2.75) is 18.4 Å². The second kappa shape index (κ2) is 5.86. The molecule has 1 unspecified atom stereocenters. The van der Waals surface area contributed by atoms with Gasteiger partial charge >= 0.3 is 0 Å². The van der Waals surface area contributed by atoms with Gasteiger partial charge in [0.2, 0.25) is 5.13 Å². The van der Waals surface area contributed by atoms with Crippen LogP contribution in [0, 0.1) is 11.6 Å². The second-order valence-electron chi connectivity index (χ2n) is 5.47. The quantitative estimate of drug-likeness (QED) is 0.900. The summed E-state index contributed by atoms with van der Waals surface area (Å²) in [6, 6.07) is 3.15. The highest BCUT2D eigenvalue weighted by Gasteiger charge is 2.33. The summed E-state index contributed by atoms with van der Waals surface area (Å²) >= 11 is 1.10. The number of halogens is 2. The van der Waals surface area contributed by atoms with Gasteiger partial charge in [-0.25, -0.2) is 8.78 Å². The topological polar surface area (TPSA) is 69.5 Å². The molecule has 5 nitrogen and oxygen atoms in total. The Morgan fingerprint density at radius 3 is 2.68 bits per heavy atom. The zero-order valence-electron chi connectivity index (χ0n) is 11.7. The van der Waals surface area contributed by atoms with Crippen LogP contribution in [-0.4, -0.2) is 44.9 Å². The van der Waals surface area contributed by atoms with E-state index in [1.165, 1.54) is 12.1 Å². The van der Waals surface area contributed by atoms with Crippen molar-refractivity contribution in [3.63, 3.8) is 0 Å². The Morgan fingerprint density at radius 2 is 2.00 bits per heavy atom. The van der Waals surface area contributed by atoms with Crippen LogP contribution in [0.15, 0.2) is 18.2 Å². The van der Waals surface area contributed by atoms with Gasteiger partial charge in [-0.15, -0.1) is 0 Å². The molecule has 118 valence electrons. The number of rotatable bonds is 3. The third kappa shape index (κ3) is 3.08. The first-order chi connectivity index (χ1) is 10.5. The monoisotopic (exact) mass is 327 g/mol. The smallest absolute Gasteiger partial charge is 0.205 e. The lowest BCUT2D eigenvalue weighted by Crippen LogP contribution is -2.50. The molecular weight excluding hydrogens is 312 g/mol. The molecule has 8 heteroatoms. The largest absolute Gasteiger partial charge is 0.393 e. The first kappa shape index (κ1) is 15.3. The summed E-state index contributed by atoms with van der Waals surface area (Å²) in [5.41, 5.74) is -0.871. The van der Waals surface area contributed by atoms with Crippen molar-refractivity contribution in [2.24, 2.45) is 0 Å². The van der Waals surface area contributed by atoms with Gasteiger partial charge in [0.25, 0.3) is 0 Å². The molecule has 0 saturated carbocycles. The van der Waals surface area contributed by atoms with Crippen molar-refractivity contribution in [3.05, 3.63) is 29.8 Å². The van der Waals surface area contributed by atoms with Gasteiger partial charge in [-0.2, -0.15) is 9.36 Å². The summed E-state index contributed by atoms with van der Waals surface area (Å²) in [5.74, 6) is -1.12. The van der Waals surface area contributed by atoms with Crippen LogP contribution >= 0.6 is 11.5 Å². The van der Waals surface area contributed by atoms with Gasteiger partial charge in [-0.05, 0) is 25.0 Å². The summed E-state index contributed by atoms with van der Waals surface area (Å²) < 4.78 is 30.6. The fraction of sp³-hybridized carbons (Fsp3) is 0.429. The summed E-state index contributed by atoms with van der Waals surface area (Å²) in [5, 5.41) is 20.0. The normalized spacial score (nSPS) is 22.1. The van der Waals surface area contributed by atoms with E-state index in [0.717, 1.165) is 24.0 Å². The highest BCUT2D eigenvalue weighted by molar-refractivity contribution is 7.09. The van der Waals surface area contributed by atoms with E-state index in [-0.39, 0.29) is 24.5 Å². The SMILES string of the molecule is OCC1(O)CCCN(c2nc(-c3cc(F)cc(F)c3)ns2)C1. The van der Waals surface area contributed by atoms with Crippen molar-refractivity contribution >= 4 is 16.7 Å². The predicted octanol–water partition coefficient (Wildman–Crippen LogP) is 1.81. The van der Waals surface area contributed by atoms with E-state index in [0.29, 0.717) is 18.1 Å². The molecule has 2 heterocycles. The summed E-state index contributed by atoms with van der Waals surface area (Å²) in [6.07, 6.45) is 1.25. The highest BCUT2D eigenvalue weighted by Crippen LogP contribution is 2.29. The van der Waals surface area contributed by atoms with E-state index in [2.05, 4.69) is 9.36 Å². The molecule has 0 aliphatic carbocycles. The molecule has 2 aromatic rings. The number of benzene rings is 1. The van der Waals surface area contributed by atoms with Gasteiger partial charge in [0.1, 0.15) is 17.2 Å². The number of hydrogen-bond acceptors (Lipinski definition) is 6. The van der Waals surface area contributed by atoms with Crippen molar-refractivity contribution in [3.8, 4) is 11.4 Å². The average molecular weight is 327 g/mol. The number of aliphatic hydroxyl groups is 2. The number of nitrogens with zero attached hydrogens (tertiary/aromatic N) is 3. The molecular formula is C14H15F2N3O2S. The maximum atomic E-state index is 13.3. The van der Waals surface area contributed by atoms with Gasteiger partial charge in [0, 0.05) is 29.7 Å². The Bertz CT molecular complexity index is 662. The number of aliphatic hydroxyl groups excluding tert-OH is 1. The van der Waals surface area contributed by atoms with Crippen LogP contribution in [0.2, 0.25) is 0 Å². The zero-order chi connectivity index (χ0) is 15.7. The Labute approximate surface area is 130 Å². The standard InChI is InChI=1S/C14H15F2N3O2S/c15-10-4-9(5-11(16)6-10)12-17-13(22-18-12)19-3-1-2-14(21,7-19)8-20/h4-6,20-21H,1-3,7-8H2. The van der Waals surface area contributed by atoms with E-state index < -0.39 is 17.2 Å². The van der Waals surface area contributed by atoms with E-state index in [4.69, 9.17) is 0 Å².